The maximum Gasteiger partial charge on any atom is 0.256 e. The van der Waals surface area contributed by atoms with E-state index in [4.69, 9.17) is 0 Å². The third-order valence-electron chi connectivity index (χ3n) is 5.24. The fourth-order valence-electron chi connectivity index (χ4n) is 3.47. The van der Waals surface area contributed by atoms with Crippen molar-refractivity contribution in [2.75, 3.05) is 13.1 Å². The summed E-state index contributed by atoms with van der Waals surface area (Å²) in [5, 5.41) is 14.0. The first kappa shape index (κ1) is 20.4. The third kappa shape index (κ3) is 4.36. The van der Waals surface area contributed by atoms with Crippen LogP contribution in [0.1, 0.15) is 35.2 Å². The highest BCUT2D eigenvalue weighted by molar-refractivity contribution is 5.86. The minimum absolute atomic E-state index is 0.0637. The van der Waals surface area contributed by atoms with Crippen molar-refractivity contribution in [3.8, 4) is 0 Å². The number of aromatic nitrogens is 1. The zero-order valence-electron chi connectivity index (χ0n) is 16.1. The molecule has 0 saturated carbocycles. The molecule has 0 unspecified atom stereocenters. The van der Waals surface area contributed by atoms with Crippen LogP contribution in [-0.2, 0) is 17.9 Å². The standard InChI is InChI=1S/C21H25F2N3O2/c1-14-9-16(11-25-15(14)2)10-24-13-21(28)7-4-8-26(20(21)27)12-17-5-3-6-18(22)19(17)23/h3,5-6,9,11,24,28H,4,7-8,10,12-13H2,1-2H3/t21-/m0/s1. The molecular weight excluding hydrogens is 364 g/mol. The first-order valence-corrected chi connectivity index (χ1v) is 9.37. The van der Waals surface area contributed by atoms with Crippen molar-refractivity contribution < 1.29 is 18.7 Å². The molecule has 2 aromatic rings. The summed E-state index contributed by atoms with van der Waals surface area (Å²) >= 11 is 0. The van der Waals surface area contributed by atoms with Gasteiger partial charge in [-0.1, -0.05) is 18.2 Å². The van der Waals surface area contributed by atoms with Gasteiger partial charge in [0.05, 0.1) is 0 Å². The minimum atomic E-state index is -1.56. The molecule has 1 aromatic carbocycles. The van der Waals surface area contributed by atoms with Gasteiger partial charge >= 0.3 is 0 Å². The van der Waals surface area contributed by atoms with E-state index in [0.717, 1.165) is 22.9 Å². The quantitative estimate of drug-likeness (QED) is 0.797. The fourth-order valence-corrected chi connectivity index (χ4v) is 3.47. The number of carbonyl (C=O) groups is 1. The maximum absolute atomic E-state index is 13.9. The summed E-state index contributed by atoms with van der Waals surface area (Å²) in [4.78, 5) is 18.5. The predicted molar refractivity (Wildman–Crippen MR) is 101 cm³/mol. The molecule has 0 radical (unpaired) electrons. The monoisotopic (exact) mass is 389 g/mol. The van der Waals surface area contributed by atoms with Crippen LogP contribution in [0.15, 0.2) is 30.5 Å². The van der Waals surface area contributed by atoms with E-state index < -0.39 is 23.1 Å². The van der Waals surface area contributed by atoms with Gasteiger partial charge in [0.1, 0.15) is 0 Å². The number of aliphatic hydroxyl groups is 1. The fraction of sp³-hybridized carbons (Fsp3) is 0.429. The van der Waals surface area contributed by atoms with E-state index in [1.54, 1.807) is 6.20 Å². The van der Waals surface area contributed by atoms with Crippen LogP contribution in [0.2, 0.25) is 0 Å². The van der Waals surface area contributed by atoms with Gasteiger partial charge in [0, 0.05) is 43.6 Å². The first-order chi connectivity index (χ1) is 13.3. The van der Waals surface area contributed by atoms with Crippen LogP contribution in [-0.4, -0.2) is 39.6 Å². The molecule has 2 N–H and O–H groups in total. The summed E-state index contributed by atoms with van der Waals surface area (Å²) in [6.45, 7) is 4.81. The Hall–Kier alpha value is -2.38. The Balaban J connectivity index is 1.63. The normalized spacial score (nSPS) is 19.9. The highest BCUT2D eigenvalue weighted by Crippen LogP contribution is 2.25. The van der Waals surface area contributed by atoms with Gasteiger partial charge in [0.25, 0.3) is 5.91 Å². The number of piperidine rings is 1. The number of likely N-dealkylation sites (tertiary alicyclic amines) is 1. The molecule has 1 aromatic heterocycles. The van der Waals surface area contributed by atoms with Gasteiger partial charge in [0.15, 0.2) is 17.2 Å². The SMILES string of the molecule is Cc1cc(CNC[C@@]2(O)CCCN(Cc3cccc(F)c3F)C2=O)cnc1C. The van der Waals surface area contributed by atoms with Crippen LogP contribution in [0, 0.1) is 25.5 Å². The molecule has 3 rings (SSSR count). The lowest BCUT2D eigenvalue weighted by Crippen LogP contribution is -2.57. The summed E-state index contributed by atoms with van der Waals surface area (Å²) in [5.41, 5.74) is 1.55. The number of nitrogens with one attached hydrogen (secondary N) is 1. The van der Waals surface area contributed by atoms with Crippen LogP contribution < -0.4 is 5.32 Å². The number of carbonyl (C=O) groups excluding carboxylic acids is 1. The van der Waals surface area contributed by atoms with Crippen LogP contribution in [0.4, 0.5) is 8.78 Å². The molecule has 0 bridgehead atoms. The van der Waals surface area contributed by atoms with E-state index >= 15 is 0 Å². The first-order valence-electron chi connectivity index (χ1n) is 9.37. The number of aryl methyl sites for hydroxylation is 2. The molecule has 1 saturated heterocycles. The van der Waals surface area contributed by atoms with Crippen molar-refractivity contribution in [1.82, 2.24) is 15.2 Å². The summed E-state index contributed by atoms with van der Waals surface area (Å²) in [6, 6.07) is 5.91. The van der Waals surface area contributed by atoms with E-state index in [1.165, 1.54) is 17.0 Å². The average molecular weight is 389 g/mol. The number of hydrogen-bond donors (Lipinski definition) is 2. The van der Waals surface area contributed by atoms with Crippen LogP contribution in [0.25, 0.3) is 0 Å². The number of rotatable bonds is 6. The summed E-state index contributed by atoms with van der Waals surface area (Å²) < 4.78 is 27.4. The molecule has 150 valence electrons. The average Bonchev–Trinajstić information content (AvgIpc) is 2.66. The lowest BCUT2D eigenvalue weighted by molar-refractivity contribution is -0.157. The lowest BCUT2D eigenvalue weighted by Gasteiger charge is -2.38. The Bertz CT molecular complexity index is 875. The highest BCUT2D eigenvalue weighted by Gasteiger charge is 2.41. The molecule has 1 fully saturated rings. The van der Waals surface area contributed by atoms with Crippen molar-refractivity contribution in [1.29, 1.82) is 0 Å². The molecule has 1 atom stereocenters. The largest absolute Gasteiger partial charge is 0.379 e. The van der Waals surface area contributed by atoms with Crippen molar-refractivity contribution in [3.05, 3.63) is 64.5 Å². The van der Waals surface area contributed by atoms with E-state index in [-0.39, 0.29) is 18.7 Å². The zero-order chi connectivity index (χ0) is 20.3. The highest BCUT2D eigenvalue weighted by atomic mass is 19.2. The number of pyridine rings is 1. The smallest absolute Gasteiger partial charge is 0.256 e. The van der Waals surface area contributed by atoms with Crippen molar-refractivity contribution in [2.24, 2.45) is 0 Å². The van der Waals surface area contributed by atoms with E-state index in [9.17, 15) is 18.7 Å². The molecule has 1 aliphatic rings. The van der Waals surface area contributed by atoms with Gasteiger partial charge < -0.3 is 15.3 Å². The number of amides is 1. The number of nitrogens with zero attached hydrogens (tertiary/aromatic N) is 2. The predicted octanol–water partition coefficient (Wildman–Crippen LogP) is 2.62. The second-order valence-electron chi connectivity index (χ2n) is 7.42. The van der Waals surface area contributed by atoms with E-state index in [2.05, 4.69) is 10.3 Å². The topological polar surface area (TPSA) is 65.5 Å². The summed E-state index contributed by atoms with van der Waals surface area (Å²) in [7, 11) is 0. The number of benzene rings is 1. The van der Waals surface area contributed by atoms with Crippen molar-refractivity contribution in [3.63, 3.8) is 0 Å². The Morgan fingerprint density at radius 3 is 2.86 bits per heavy atom. The molecule has 1 aliphatic heterocycles. The van der Waals surface area contributed by atoms with Gasteiger partial charge in [0.2, 0.25) is 0 Å². The summed E-state index contributed by atoms with van der Waals surface area (Å²) in [6.07, 6.45) is 2.68. The van der Waals surface area contributed by atoms with Gasteiger partial charge in [-0.3, -0.25) is 9.78 Å². The second kappa shape index (κ2) is 8.32. The Kier molecular flexibility index (Phi) is 6.05. The molecule has 2 heterocycles. The van der Waals surface area contributed by atoms with E-state index in [0.29, 0.717) is 25.9 Å². The summed E-state index contributed by atoms with van der Waals surface area (Å²) in [5.74, 6) is -2.36. The van der Waals surface area contributed by atoms with Gasteiger partial charge in [-0.15, -0.1) is 0 Å². The molecule has 0 spiro atoms. The molecule has 28 heavy (non-hydrogen) atoms. The van der Waals surface area contributed by atoms with Gasteiger partial charge in [-0.25, -0.2) is 8.78 Å². The van der Waals surface area contributed by atoms with Crippen molar-refractivity contribution in [2.45, 2.75) is 45.4 Å². The number of hydrogen-bond acceptors (Lipinski definition) is 4. The molecule has 1 amide bonds. The van der Waals surface area contributed by atoms with Crippen molar-refractivity contribution >= 4 is 5.91 Å². The van der Waals surface area contributed by atoms with E-state index in [1.807, 2.05) is 19.9 Å². The number of halogens is 2. The van der Waals surface area contributed by atoms with Gasteiger partial charge in [-0.05, 0) is 43.9 Å². The van der Waals surface area contributed by atoms with Crippen LogP contribution in [0.5, 0.6) is 0 Å². The maximum atomic E-state index is 13.9. The molecular formula is C21H25F2N3O2. The molecule has 5 nitrogen and oxygen atoms in total. The Labute approximate surface area is 163 Å². The zero-order valence-corrected chi connectivity index (χ0v) is 16.1. The molecule has 0 aliphatic carbocycles. The van der Waals surface area contributed by atoms with Crippen LogP contribution in [0.3, 0.4) is 0 Å². The van der Waals surface area contributed by atoms with Gasteiger partial charge in [-0.2, -0.15) is 0 Å². The Morgan fingerprint density at radius 2 is 2.11 bits per heavy atom. The second-order valence-corrected chi connectivity index (χ2v) is 7.42. The van der Waals surface area contributed by atoms with Crippen LogP contribution >= 0.6 is 0 Å². The minimum Gasteiger partial charge on any atom is -0.379 e. The third-order valence-corrected chi connectivity index (χ3v) is 5.24. The molecule has 7 heteroatoms. The lowest BCUT2D eigenvalue weighted by atomic mass is 9.91. The Morgan fingerprint density at radius 1 is 1.32 bits per heavy atom.